The number of nitrogens with zero attached hydrogens (tertiary/aromatic N) is 2. The maximum atomic E-state index is 12.8. The van der Waals surface area contributed by atoms with Crippen molar-refractivity contribution in [3.63, 3.8) is 0 Å². The van der Waals surface area contributed by atoms with Crippen LogP contribution in [-0.4, -0.2) is 54.5 Å². The lowest BCUT2D eigenvalue weighted by atomic mass is 10.1. The monoisotopic (exact) mass is 394 g/mol. The molecule has 6 nitrogen and oxygen atoms in total. The number of likely N-dealkylation sites (tertiary alicyclic amines) is 1. The Kier molecular flexibility index (Phi) is 5.81. The fourth-order valence-corrected chi connectivity index (χ4v) is 3.97. The van der Waals surface area contributed by atoms with Gasteiger partial charge in [-0.05, 0) is 35.4 Å². The van der Waals surface area contributed by atoms with Crippen molar-refractivity contribution in [2.75, 3.05) is 26.8 Å². The maximum absolute atomic E-state index is 12.8. The van der Waals surface area contributed by atoms with E-state index in [1.807, 2.05) is 46.2 Å². The zero-order chi connectivity index (χ0) is 20.2. The number of hydrogen-bond acceptors (Lipinski definition) is 4. The van der Waals surface area contributed by atoms with Crippen molar-refractivity contribution in [2.24, 2.45) is 0 Å². The van der Waals surface area contributed by atoms with Crippen molar-refractivity contribution in [1.29, 1.82) is 0 Å². The molecule has 0 saturated carbocycles. The Morgan fingerprint density at radius 1 is 0.931 bits per heavy atom. The Hall–Kier alpha value is -2.86. The fourth-order valence-electron chi connectivity index (χ4n) is 3.97. The molecule has 0 aliphatic carbocycles. The highest BCUT2D eigenvalue weighted by atomic mass is 16.5. The molecule has 1 fully saturated rings. The Morgan fingerprint density at radius 2 is 1.55 bits per heavy atom. The molecule has 6 heteroatoms. The number of fused-ring (bicyclic) bond motifs is 1. The second-order valence-electron chi connectivity index (χ2n) is 7.59. The molecule has 29 heavy (non-hydrogen) atoms. The second-order valence-corrected chi connectivity index (χ2v) is 7.59. The summed E-state index contributed by atoms with van der Waals surface area (Å²) >= 11 is 0. The van der Waals surface area contributed by atoms with E-state index in [1.54, 1.807) is 0 Å². The van der Waals surface area contributed by atoms with E-state index >= 15 is 0 Å². The third kappa shape index (κ3) is 4.43. The molecular weight excluding hydrogens is 368 g/mol. The highest BCUT2D eigenvalue weighted by Gasteiger charge is 2.25. The summed E-state index contributed by atoms with van der Waals surface area (Å²) in [4.78, 5) is 28.4. The van der Waals surface area contributed by atoms with E-state index < -0.39 is 0 Å². The molecule has 0 atom stereocenters. The molecule has 0 radical (unpaired) electrons. The summed E-state index contributed by atoms with van der Waals surface area (Å²) in [7, 11) is 1.53. The SMILES string of the molecule is COCC(=O)N1CCC(Oc2ccc(C(=O)N3Cc4ccccc4C3)cc2)CC1. The predicted molar refractivity (Wildman–Crippen MR) is 109 cm³/mol. The van der Waals surface area contributed by atoms with Gasteiger partial charge in [0.2, 0.25) is 5.91 Å². The van der Waals surface area contributed by atoms with Crippen LogP contribution in [-0.2, 0) is 22.6 Å². The van der Waals surface area contributed by atoms with Crippen LogP contribution in [0, 0.1) is 0 Å². The van der Waals surface area contributed by atoms with Gasteiger partial charge in [0.1, 0.15) is 18.5 Å². The highest BCUT2D eigenvalue weighted by Crippen LogP contribution is 2.25. The van der Waals surface area contributed by atoms with E-state index in [2.05, 4.69) is 12.1 Å². The van der Waals surface area contributed by atoms with Crippen LogP contribution in [0.3, 0.4) is 0 Å². The summed E-state index contributed by atoms with van der Waals surface area (Å²) in [6.07, 6.45) is 1.67. The van der Waals surface area contributed by atoms with Crippen molar-refractivity contribution >= 4 is 11.8 Å². The van der Waals surface area contributed by atoms with Crippen LogP contribution in [0.15, 0.2) is 48.5 Å². The first-order valence-corrected chi connectivity index (χ1v) is 10.0. The van der Waals surface area contributed by atoms with Crippen LogP contribution in [0.1, 0.15) is 34.3 Å². The average molecular weight is 394 g/mol. The van der Waals surface area contributed by atoms with Crippen LogP contribution in [0.25, 0.3) is 0 Å². The quantitative estimate of drug-likeness (QED) is 0.783. The molecule has 1 saturated heterocycles. The molecule has 0 bridgehead atoms. The minimum atomic E-state index is 0.0258. The molecule has 2 aliphatic rings. The fraction of sp³-hybridized carbons (Fsp3) is 0.391. The van der Waals surface area contributed by atoms with Crippen molar-refractivity contribution < 1.29 is 19.1 Å². The van der Waals surface area contributed by atoms with E-state index in [0.717, 1.165) is 18.6 Å². The van der Waals surface area contributed by atoms with Gasteiger partial charge in [-0.2, -0.15) is 0 Å². The first-order valence-electron chi connectivity index (χ1n) is 10.0. The molecule has 152 valence electrons. The summed E-state index contributed by atoms with van der Waals surface area (Å²) in [5.41, 5.74) is 3.11. The van der Waals surface area contributed by atoms with Crippen LogP contribution >= 0.6 is 0 Å². The second kappa shape index (κ2) is 8.66. The van der Waals surface area contributed by atoms with Gasteiger partial charge < -0.3 is 19.3 Å². The van der Waals surface area contributed by atoms with Gasteiger partial charge >= 0.3 is 0 Å². The van der Waals surface area contributed by atoms with Gasteiger partial charge in [-0.25, -0.2) is 0 Å². The molecular formula is C23H26N2O4. The predicted octanol–water partition coefficient (Wildman–Crippen LogP) is 2.86. The Balaban J connectivity index is 1.30. The number of carbonyl (C=O) groups excluding carboxylic acids is 2. The van der Waals surface area contributed by atoms with Crippen LogP contribution in [0.4, 0.5) is 0 Å². The number of amides is 2. The molecule has 0 unspecified atom stereocenters. The summed E-state index contributed by atoms with van der Waals surface area (Å²) < 4.78 is 11.0. The number of benzene rings is 2. The lowest BCUT2D eigenvalue weighted by Crippen LogP contribution is -2.43. The standard InChI is InChI=1S/C23H26N2O4/c1-28-16-22(26)24-12-10-21(11-13-24)29-20-8-6-17(7-9-20)23(27)25-14-18-4-2-3-5-19(18)15-25/h2-9,21H,10-16H2,1H3. The Morgan fingerprint density at radius 3 is 2.14 bits per heavy atom. The third-order valence-corrected chi connectivity index (χ3v) is 5.59. The van der Waals surface area contributed by atoms with Crippen molar-refractivity contribution in [3.8, 4) is 5.75 Å². The minimum Gasteiger partial charge on any atom is -0.490 e. The zero-order valence-electron chi connectivity index (χ0n) is 16.7. The molecule has 2 aliphatic heterocycles. The average Bonchev–Trinajstić information content (AvgIpc) is 3.19. The number of carbonyl (C=O) groups is 2. The molecule has 0 aromatic heterocycles. The minimum absolute atomic E-state index is 0.0258. The third-order valence-electron chi connectivity index (χ3n) is 5.59. The van der Waals surface area contributed by atoms with Gasteiger partial charge in [-0.15, -0.1) is 0 Å². The summed E-state index contributed by atoms with van der Waals surface area (Å²) in [5.74, 6) is 0.823. The Bertz CT molecular complexity index is 848. The van der Waals surface area contributed by atoms with Gasteiger partial charge in [-0.1, -0.05) is 24.3 Å². The number of hydrogen-bond donors (Lipinski definition) is 0. The normalized spacial score (nSPS) is 16.6. The molecule has 2 amide bonds. The number of piperidine rings is 1. The molecule has 4 rings (SSSR count). The van der Waals surface area contributed by atoms with E-state index in [-0.39, 0.29) is 24.5 Å². The molecule has 2 heterocycles. The lowest BCUT2D eigenvalue weighted by Gasteiger charge is -2.32. The number of rotatable bonds is 5. The van der Waals surface area contributed by atoms with Crippen molar-refractivity contribution in [2.45, 2.75) is 32.0 Å². The summed E-state index contributed by atoms with van der Waals surface area (Å²) in [5, 5.41) is 0. The first kappa shape index (κ1) is 19.5. The molecule has 0 spiro atoms. The van der Waals surface area contributed by atoms with Gasteiger partial charge in [0.05, 0.1) is 0 Å². The van der Waals surface area contributed by atoms with Crippen molar-refractivity contribution in [1.82, 2.24) is 9.80 Å². The summed E-state index contributed by atoms with van der Waals surface area (Å²) in [6.45, 7) is 2.81. The van der Waals surface area contributed by atoms with E-state index in [0.29, 0.717) is 31.7 Å². The van der Waals surface area contributed by atoms with Gasteiger partial charge in [0.15, 0.2) is 0 Å². The largest absolute Gasteiger partial charge is 0.490 e. The van der Waals surface area contributed by atoms with Gasteiger partial charge in [0, 0.05) is 51.7 Å². The summed E-state index contributed by atoms with van der Waals surface area (Å²) in [6, 6.07) is 15.6. The van der Waals surface area contributed by atoms with Crippen molar-refractivity contribution in [3.05, 3.63) is 65.2 Å². The van der Waals surface area contributed by atoms with E-state index in [1.165, 1.54) is 18.2 Å². The lowest BCUT2D eigenvalue weighted by molar-refractivity contribution is -0.136. The highest BCUT2D eigenvalue weighted by molar-refractivity contribution is 5.94. The smallest absolute Gasteiger partial charge is 0.254 e. The van der Waals surface area contributed by atoms with Gasteiger partial charge in [0.25, 0.3) is 5.91 Å². The molecule has 2 aromatic rings. The number of ether oxygens (including phenoxy) is 2. The Labute approximate surface area is 171 Å². The molecule has 2 aromatic carbocycles. The number of methoxy groups -OCH3 is 1. The maximum Gasteiger partial charge on any atom is 0.254 e. The van der Waals surface area contributed by atoms with Gasteiger partial charge in [-0.3, -0.25) is 9.59 Å². The first-order chi connectivity index (χ1) is 14.1. The van der Waals surface area contributed by atoms with E-state index in [4.69, 9.17) is 9.47 Å². The molecule has 0 N–H and O–H groups in total. The van der Waals surface area contributed by atoms with Crippen LogP contribution < -0.4 is 4.74 Å². The zero-order valence-corrected chi connectivity index (χ0v) is 16.7. The van der Waals surface area contributed by atoms with Crippen LogP contribution in [0.5, 0.6) is 5.75 Å². The van der Waals surface area contributed by atoms with Crippen LogP contribution in [0.2, 0.25) is 0 Å². The van der Waals surface area contributed by atoms with E-state index in [9.17, 15) is 9.59 Å². The topological polar surface area (TPSA) is 59.1 Å².